The van der Waals surface area contributed by atoms with Crippen LogP contribution in [-0.4, -0.2) is 13.1 Å². The summed E-state index contributed by atoms with van der Waals surface area (Å²) in [6.45, 7) is 0.271. The molecule has 14 heavy (non-hydrogen) atoms. The second-order valence-electron chi connectivity index (χ2n) is 2.60. The van der Waals surface area contributed by atoms with Crippen molar-refractivity contribution in [3.8, 4) is 5.75 Å². The molecule has 0 atom stereocenters. The third-order valence-corrected chi connectivity index (χ3v) is 1.88. The van der Waals surface area contributed by atoms with Crippen molar-refractivity contribution in [3.05, 3.63) is 28.8 Å². The van der Waals surface area contributed by atoms with Crippen LogP contribution in [0.15, 0.2) is 18.2 Å². The highest BCUT2D eigenvalue weighted by atomic mass is 35.5. The maximum absolute atomic E-state index is 10.9. The molecule has 0 unspecified atom stereocenters. The van der Waals surface area contributed by atoms with E-state index in [9.17, 15) is 4.79 Å². The van der Waals surface area contributed by atoms with E-state index in [1.54, 1.807) is 18.2 Å². The van der Waals surface area contributed by atoms with Gasteiger partial charge in [0, 0.05) is 24.2 Å². The average molecular weight is 215 g/mol. The number of hydrogen-bond acceptors (Lipinski definition) is 3. The van der Waals surface area contributed by atoms with Crippen LogP contribution in [0, 0.1) is 0 Å². The molecule has 0 aliphatic carbocycles. The van der Waals surface area contributed by atoms with Gasteiger partial charge in [-0.1, -0.05) is 11.6 Å². The van der Waals surface area contributed by atoms with Crippen molar-refractivity contribution >= 4 is 17.7 Å². The van der Waals surface area contributed by atoms with Crippen molar-refractivity contribution in [2.24, 2.45) is 5.73 Å². The number of ether oxygens (including phenoxy) is 1. The highest BCUT2D eigenvalue weighted by molar-refractivity contribution is 6.30. The van der Waals surface area contributed by atoms with Gasteiger partial charge in [0.1, 0.15) is 5.75 Å². The fourth-order valence-electron chi connectivity index (χ4n) is 0.958. The molecule has 3 N–H and O–H groups in total. The van der Waals surface area contributed by atoms with E-state index < -0.39 is 6.09 Å². The van der Waals surface area contributed by atoms with Crippen LogP contribution in [0.3, 0.4) is 0 Å². The first-order chi connectivity index (χ1) is 6.67. The first-order valence-electron chi connectivity index (χ1n) is 4.05. The van der Waals surface area contributed by atoms with Crippen molar-refractivity contribution in [2.75, 3.05) is 7.05 Å². The van der Waals surface area contributed by atoms with E-state index in [0.717, 1.165) is 0 Å². The van der Waals surface area contributed by atoms with E-state index in [2.05, 4.69) is 5.32 Å². The van der Waals surface area contributed by atoms with Gasteiger partial charge in [-0.25, -0.2) is 4.79 Å². The minimum absolute atomic E-state index is 0.271. The fourth-order valence-corrected chi connectivity index (χ4v) is 1.15. The lowest BCUT2D eigenvalue weighted by molar-refractivity contribution is 0.202. The van der Waals surface area contributed by atoms with Gasteiger partial charge in [0.05, 0.1) is 0 Å². The van der Waals surface area contributed by atoms with E-state index in [4.69, 9.17) is 22.1 Å². The fraction of sp³-hybridized carbons (Fsp3) is 0.222. The van der Waals surface area contributed by atoms with Crippen molar-refractivity contribution < 1.29 is 9.53 Å². The topological polar surface area (TPSA) is 64.3 Å². The van der Waals surface area contributed by atoms with Gasteiger partial charge in [0.25, 0.3) is 0 Å². The Morgan fingerprint density at radius 2 is 2.36 bits per heavy atom. The lowest BCUT2D eigenvalue weighted by Crippen LogP contribution is -2.22. The van der Waals surface area contributed by atoms with Crippen molar-refractivity contribution in [1.29, 1.82) is 0 Å². The predicted molar refractivity (Wildman–Crippen MR) is 54.4 cm³/mol. The molecule has 0 fully saturated rings. The molecule has 1 rings (SSSR count). The molecule has 0 saturated carbocycles. The Morgan fingerprint density at radius 3 is 2.93 bits per heavy atom. The molecule has 0 aromatic heterocycles. The number of carbonyl (C=O) groups is 1. The molecule has 4 nitrogen and oxygen atoms in total. The maximum Gasteiger partial charge on any atom is 0.412 e. The molecule has 0 radical (unpaired) electrons. The Bertz CT molecular complexity index is 342. The molecule has 0 bridgehead atoms. The van der Waals surface area contributed by atoms with Crippen molar-refractivity contribution in [2.45, 2.75) is 6.54 Å². The molecule has 0 saturated heterocycles. The zero-order valence-corrected chi connectivity index (χ0v) is 8.47. The highest BCUT2D eigenvalue weighted by Crippen LogP contribution is 2.22. The quantitative estimate of drug-likeness (QED) is 0.785. The molecule has 76 valence electrons. The van der Waals surface area contributed by atoms with Gasteiger partial charge < -0.3 is 15.8 Å². The summed E-state index contributed by atoms with van der Waals surface area (Å²) >= 11 is 5.75. The van der Waals surface area contributed by atoms with Gasteiger partial charge in [-0.3, -0.25) is 0 Å². The van der Waals surface area contributed by atoms with Crippen LogP contribution < -0.4 is 15.8 Å². The van der Waals surface area contributed by atoms with E-state index >= 15 is 0 Å². The molecular formula is C9H11ClN2O2. The molecule has 0 aliphatic rings. The van der Waals surface area contributed by atoms with Crippen LogP contribution >= 0.6 is 11.6 Å². The molecule has 1 amide bonds. The third kappa shape index (κ3) is 2.61. The summed E-state index contributed by atoms with van der Waals surface area (Å²) in [7, 11) is 1.49. The zero-order valence-electron chi connectivity index (χ0n) is 7.71. The monoisotopic (exact) mass is 214 g/mol. The number of hydrogen-bond donors (Lipinski definition) is 2. The smallest absolute Gasteiger partial charge is 0.410 e. The van der Waals surface area contributed by atoms with Crippen LogP contribution in [0.25, 0.3) is 0 Å². The standard InChI is InChI=1S/C9H11ClN2O2/c1-12-9(13)14-8-3-2-7(10)4-6(8)5-11/h2-4H,5,11H2,1H3,(H,12,13). The highest BCUT2D eigenvalue weighted by Gasteiger charge is 2.06. The maximum atomic E-state index is 10.9. The van der Waals surface area contributed by atoms with Gasteiger partial charge >= 0.3 is 6.09 Å². The van der Waals surface area contributed by atoms with Gasteiger partial charge in [-0.15, -0.1) is 0 Å². The van der Waals surface area contributed by atoms with E-state index in [0.29, 0.717) is 16.3 Å². The Balaban J connectivity index is 2.90. The van der Waals surface area contributed by atoms with Crippen LogP contribution in [0.4, 0.5) is 4.79 Å². The van der Waals surface area contributed by atoms with Crippen molar-refractivity contribution in [1.82, 2.24) is 5.32 Å². The molecule has 5 heteroatoms. The van der Waals surface area contributed by atoms with Gasteiger partial charge in [-0.05, 0) is 18.2 Å². The number of benzene rings is 1. The van der Waals surface area contributed by atoms with E-state index in [-0.39, 0.29) is 6.54 Å². The lowest BCUT2D eigenvalue weighted by Gasteiger charge is -2.08. The molecule has 1 aromatic rings. The number of nitrogens with one attached hydrogen (secondary N) is 1. The third-order valence-electron chi connectivity index (χ3n) is 1.65. The second-order valence-corrected chi connectivity index (χ2v) is 3.03. The summed E-state index contributed by atoms with van der Waals surface area (Å²) in [4.78, 5) is 10.9. The molecule has 0 spiro atoms. The van der Waals surface area contributed by atoms with E-state index in [1.165, 1.54) is 7.05 Å². The van der Waals surface area contributed by atoms with Crippen LogP contribution in [0.1, 0.15) is 5.56 Å². The summed E-state index contributed by atoms with van der Waals surface area (Å²) in [6.07, 6.45) is -0.526. The molecule has 1 aromatic carbocycles. The summed E-state index contributed by atoms with van der Waals surface area (Å²) in [6, 6.07) is 4.92. The summed E-state index contributed by atoms with van der Waals surface area (Å²) < 4.78 is 4.95. The number of halogens is 1. The Labute approximate surface area is 87.0 Å². The normalized spacial score (nSPS) is 9.64. The summed E-state index contributed by atoms with van der Waals surface area (Å²) in [5.41, 5.74) is 6.16. The van der Waals surface area contributed by atoms with Crippen LogP contribution in [-0.2, 0) is 6.54 Å². The Morgan fingerprint density at radius 1 is 1.64 bits per heavy atom. The summed E-state index contributed by atoms with van der Waals surface area (Å²) in [5, 5.41) is 2.91. The van der Waals surface area contributed by atoms with Gasteiger partial charge in [0.2, 0.25) is 0 Å². The first kappa shape index (κ1) is 10.8. The summed E-state index contributed by atoms with van der Waals surface area (Å²) in [5.74, 6) is 0.427. The predicted octanol–water partition coefficient (Wildman–Crippen LogP) is 1.52. The number of amides is 1. The number of rotatable bonds is 2. The van der Waals surface area contributed by atoms with Crippen molar-refractivity contribution in [3.63, 3.8) is 0 Å². The number of nitrogens with two attached hydrogens (primary N) is 1. The minimum atomic E-state index is -0.526. The largest absolute Gasteiger partial charge is 0.412 e. The molecule has 0 heterocycles. The minimum Gasteiger partial charge on any atom is -0.410 e. The Kier molecular flexibility index (Phi) is 3.73. The van der Waals surface area contributed by atoms with Gasteiger partial charge in [-0.2, -0.15) is 0 Å². The SMILES string of the molecule is CNC(=O)Oc1ccc(Cl)cc1CN. The lowest BCUT2D eigenvalue weighted by atomic mass is 10.2. The molecular weight excluding hydrogens is 204 g/mol. The van der Waals surface area contributed by atoms with E-state index in [1.807, 2.05) is 0 Å². The number of carbonyl (C=O) groups excluding carboxylic acids is 1. The first-order valence-corrected chi connectivity index (χ1v) is 4.43. The van der Waals surface area contributed by atoms with Crippen LogP contribution in [0.5, 0.6) is 5.75 Å². The average Bonchev–Trinajstić information content (AvgIpc) is 2.20. The zero-order chi connectivity index (χ0) is 10.6. The van der Waals surface area contributed by atoms with Crippen LogP contribution in [0.2, 0.25) is 5.02 Å². The molecule has 0 aliphatic heterocycles. The second kappa shape index (κ2) is 4.83. The Hall–Kier alpha value is -1.26. The van der Waals surface area contributed by atoms with Gasteiger partial charge in [0.15, 0.2) is 0 Å².